The van der Waals surface area contributed by atoms with Gasteiger partial charge in [0.25, 0.3) is 0 Å². The van der Waals surface area contributed by atoms with Crippen molar-refractivity contribution in [3.63, 3.8) is 0 Å². The molecule has 0 aromatic heterocycles. The molecule has 0 heterocycles. The van der Waals surface area contributed by atoms with E-state index in [1.165, 1.54) is 35.7 Å². The van der Waals surface area contributed by atoms with E-state index < -0.39 is 0 Å². The second kappa shape index (κ2) is 8.36. The predicted molar refractivity (Wildman–Crippen MR) is 80.6 cm³/mol. The molecule has 0 atom stereocenters. The van der Waals surface area contributed by atoms with Crippen LogP contribution in [0.5, 0.6) is 0 Å². The molecule has 2 aromatic rings. The fraction of sp³-hybridized carbons (Fsp3) is 0.294. The molecule has 0 fully saturated rings. The van der Waals surface area contributed by atoms with E-state index in [0.717, 1.165) is 0 Å². The molecule has 1 heteroatoms. The minimum atomic E-state index is -0.278. The van der Waals surface area contributed by atoms with E-state index in [0.29, 0.717) is 0 Å². The number of benzene rings is 2. The van der Waals surface area contributed by atoms with E-state index in [1.807, 2.05) is 0 Å². The fourth-order valence-electron chi connectivity index (χ4n) is 2.06. The van der Waals surface area contributed by atoms with Gasteiger partial charge in [0.15, 0.2) is 0 Å². The normalized spacial score (nSPS) is 10.4. The Hall–Kier alpha value is -0.761. The van der Waals surface area contributed by atoms with Crippen LogP contribution in [0.4, 0.5) is 0 Å². The van der Waals surface area contributed by atoms with Crippen molar-refractivity contribution in [2.45, 2.75) is 30.1 Å². The van der Waals surface area contributed by atoms with Crippen LogP contribution < -0.4 is 3.58 Å². The van der Waals surface area contributed by atoms with Gasteiger partial charge in [-0.15, -0.1) is 0 Å². The Kier molecular flexibility index (Phi) is 6.35. The van der Waals surface area contributed by atoms with Crippen LogP contribution in [0.2, 0.25) is 4.44 Å². The summed E-state index contributed by atoms with van der Waals surface area (Å²) in [6, 6.07) is 21.9. The number of unbranched alkanes of at least 4 members (excludes halogenated alkanes) is 2. The van der Waals surface area contributed by atoms with Crippen LogP contribution in [-0.4, -0.2) is 21.1 Å². The second-order valence-corrected chi connectivity index (χ2v) is 8.67. The molecule has 2 aromatic carbocycles. The van der Waals surface area contributed by atoms with Crippen molar-refractivity contribution in [1.29, 1.82) is 0 Å². The Morgan fingerprint density at radius 3 is 2.06 bits per heavy atom. The third-order valence-corrected chi connectivity index (χ3v) is 6.93. The molecule has 92 valence electrons. The van der Waals surface area contributed by atoms with Crippen LogP contribution in [0.25, 0.3) is 0 Å². The fourth-order valence-corrected chi connectivity index (χ4v) is 5.33. The molecule has 0 aliphatic heterocycles. The van der Waals surface area contributed by atoms with Gasteiger partial charge in [0.2, 0.25) is 0 Å². The maximum absolute atomic E-state index is 2.30. The van der Waals surface area contributed by atoms with E-state index in [4.69, 9.17) is 0 Å². The zero-order valence-corrected chi connectivity index (χ0v) is 13.7. The summed E-state index contributed by atoms with van der Waals surface area (Å²) in [5.41, 5.74) is 1.49. The van der Waals surface area contributed by atoms with Gasteiger partial charge in [-0.1, -0.05) is 0 Å². The van der Waals surface area contributed by atoms with Crippen molar-refractivity contribution >= 4 is 24.7 Å². The Labute approximate surface area is 121 Å². The average molecular weight is 343 g/mol. The first kappa shape index (κ1) is 13.7. The molecule has 2 rings (SSSR count). The summed E-state index contributed by atoms with van der Waals surface area (Å²) in [4.78, 5) is 0. The zero-order chi connectivity index (χ0) is 12.5. The van der Waals surface area contributed by atoms with Gasteiger partial charge in [-0.25, -0.2) is 0 Å². The van der Waals surface area contributed by atoms with Crippen LogP contribution in [-0.2, 0) is 6.42 Å². The average Bonchev–Trinajstić information content (AvgIpc) is 2.45. The number of aryl methyl sites for hydroxylation is 1. The molecule has 0 unspecified atom stereocenters. The molecule has 0 spiro atoms. The van der Waals surface area contributed by atoms with Crippen LogP contribution in [0.15, 0.2) is 60.7 Å². The topological polar surface area (TPSA) is 0 Å². The van der Waals surface area contributed by atoms with Crippen molar-refractivity contribution in [1.82, 2.24) is 0 Å². The van der Waals surface area contributed by atoms with Crippen LogP contribution in [0, 0.1) is 0 Å². The monoisotopic (exact) mass is 344 g/mol. The Balaban J connectivity index is 1.54. The van der Waals surface area contributed by atoms with E-state index in [-0.39, 0.29) is 21.1 Å². The van der Waals surface area contributed by atoms with E-state index >= 15 is 0 Å². The van der Waals surface area contributed by atoms with Gasteiger partial charge in [0.05, 0.1) is 0 Å². The van der Waals surface area contributed by atoms with Gasteiger partial charge in [-0.05, 0) is 0 Å². The summed E-state index contributed by atoms with van der Waals surface area (Å²) >= 11 is -0.278. The summed E-state index contributed by atoms with van der Waals surface area (Å²) in [6.07, 6.45) is 5.41. The van der Waals surface area contributed by atoms with Crippen molar-refractivity contribution in [3.05, 3.63) is 66.2 Å². The summed E-state index contributed by atoms with van der Waals surface area (Å²) in [7, 11) is 0. The zero-order valence-electron chi connectivity index (χ0n) is 10.8. The molecular weight excluding hydrogens is 323 g/mol. The van der Waals surface area contributed by atoms with Crippen LogP contribution in [0.1, 0.15) is 24.8 Å². The molecule has 0 bridgehead atoms. The van der Waals surface area contributed by atoms with Crippen molar-refractivity contribution in [2.24, 2.45) is 0 Å². The second-order valence-electron chi connectivity index (χ2n) is 4.59. The number of hydrogen-bond acceptors (Lipinski definition) is 0. The maximum atomic E-state index is 2.30. The summed E-state index contributed by atoms with van der Waals surface area (Å²) in [5, 5.41) is 0. The third kappa shape index (κ3) is 5.26. The van der Waals surface area contributed by atoms with Gasteiger partial charge in [0, 0.05) is 0 Å². The van der Waals surface area contributed by atoms with Gasteiger partial charge >= 0.3 is 121 Å². The molecule has 0 amide bonds. The van der Waals surface area contributed by atoms with Crippen LogP contribution in [0.3, 0.4) is 0 Å². The Morgan fingerprint density at radius 1 is 0.667 bits per heavy atom. The first-order valence-corrected chi connectivity index (χ1v) is 10.2. The van der Waals surface area contributed by atoms with E-state index in [9.17, 15) is 0 Å². The molecule has 18 heavy (non-hydrogen) atoms. The standard InChI is InChI=1S/C11H15.C6H5.Sn/c1-2-3-5-8-11-9-6-4-7-10-11;1-2-4-6-5-3-1;/h4,6-7,9-10H,1-3,5,8H2;1-5H;. The molecule has 2 radical (unpaired) electrons. The van der Waals surface area contributed by atoms with E-state index in [2.05, 4.69) is 60.7 Å². The summed E-state index contributed by atoms with van der Waals surface area (Å²) in [5.74, 6) is 0. The quantitative estimate of drug-likeness (QED) is 0.529. The molecule has 0 aliphatic rings. The summed E-state index contributed by atoms with van der Waals surface area (Å²) < 4.78 is 3.13. The molecule has 0 aliphatic carbocycles. The first-order chi connectivity index (χ1) is 8.95. The first-order valence-electron chi connectivity index (χ1n) is 6.78. The SMILES string of the molecule is c1ccc(CCCC[CH2][Sn][c]2ccccc2)cc1. The molecule has 0 saturated heterocycles. The number of rotatable bonds is 7. The molecule has 0 nitrogen and oxygen atoms in total. The van der Waals surface area contributed by atoms with Crippen molar-refractivity contribution in [2.75, 3.05) is 0 Å². The van der Waals surface area contributed by atoms with Gasteiger partial charge in [-0.3, -0.25) is 0 Å². The van der Waals surface area contributed by atoms with Crippen molar-refractivity contribution in [3.8, 4) is 0 Å². The van der Waals surface area contributed by atoms with Gasteiger partial charge in [0.1, 0.15) is 0 Å². The Morgan fingerprint density at radius 2 is 1.33 bits per heavy atom. The van der Waals surface area contributed by atoms with Gasteiger partial charge < -0.3 is 0 Å². The molecule has 0 saturated carbocycles. The predicted octanol–water partition coefficient (Wildman–Crippen LogP) is 3.85. The molecule has 0 N–H and O–H groups in total. The minimum absolute atomic E-state index is 0.278. The van der Waals surface area contributed by atoms with Crippen LogP contribution >= 0.6 is 0 Å². The van der Waals surface area contributed by atoms with E-state index in [1.54, 1.807) is 3.58 Å². The summed E-state index contributed by atoms with van der Waals surface area (Å²) in [6.45, 7) is 0. The van der Waals surface area contributed by atoms with Gasteiger partial charge in [-0.2, -0.15) is 0 Å². The number of hydrogen-bond donors (Lipinski definition) is 0. The third-order valence-electron chi connectivity index (χ3n) is 3.09. The molecular formula is C17H20Sn. The van der Waals surface area contributed by atoms with Crippen molar-refractivity contribution < 1.29 is 0 Å². The Bertz CT molecular complexity index is 378.